The topological polar surface area (TPSA) is 240 Å². The number of rotatable bonds is 16. The first-order valence-electron chi connectivity index (χ1n) is 10.4. The quantitative estimate of drug-likeness (QED) is 0.109. The predicted octanol–water partition coefficient (Wildman–Crippen LogP) is -3.10. The number of primary amides is 1. The number of carbonyl (C=O) groups excluding carboxylic acids is 4. The van der Waals surface area contributed by atoms with Crippen molar-refractivity contribution in [3.8, 4) is 0 Å². The third-order valence-electron chi connectivity index (χ3n) is 4.48. The number of carboxylic acids is 1. The molecule has 0 aliphatic carbocycles. The van der Waals surface area contributed by atoms with Crippen molar-refractivity contribution in [3.05, 3.63) is 0 Å². The second-order valence-electron chi connectivity index (χ2n) is 7.90. The Bertz CT molecular complexity index is 658. The number of carbonyl (C=O) groups is 5. The van der Waals surface area contributed by atoms with Gasteiger partial charge in [0, 0.05) is 0 Å². The molecule has 0 aliphatic rings. The van der Waals surface area contributed by atoms with Crippen LogP contribution < -0.4 is 33.2 Å². The number of nitrogens with two attached hydrogens (primary N) is 3. The first-order valence-corrected chi connectivity index (χ1v) is 10.4. The van der Waals surface area contributed by atoms with Gasteiger partial charge in [-0.05, 0) is 38.1 Å². The summed E-state index contributed by atoms with van der Waals surface area (Å²) >= 11 is 0. The Balaban J connectivity index is 5.19. The molecule has 0 rings (SSSR count). The van der Waals surface area contributed by atoms with E-state index in [-0.39, 0.29) is 12.3 Å². The molecular formula is C19H36N6O7. The molecule has 0 fully saturated rings. The number of nitrogens with one attached hydrogen (secondary N) is 3. The smallest absolute Gasteiger partial charge is 0.326 e. The monoisotopic (exact) mass is 460 g/mol. The van der Waals surface area contributed by atoms with Gasteiger partial charge < -0.3 is 43.4 Å². The molecule has 4 unspecified atom stereocenters. The van der Waals surface area contributed by atoms with E-state index in [0.717, 1.165) is 0 Å². The molecule has 4 amide bonds. The maximum atomic E-state index is 12.6. The molecule has 0 aromatic carbocycles. The number of carboxylic acid groups (broad SMARTS) is 1. The molecule has 0 saturated heterocycles. The van der Waals surface area contributed by atoms with Crippen molar-refractivity contribution >= 4 is 29.6 Å². The minimum absolute atomic E-state index is 0.105. The average molecular weight is 461 g/mol. The average Bonchev–Trinajstić information content (AvgIpc) is 2.69. The summed E-state index contributed by atoms with van der Waals surface area (Å²) in [6.07, 6.45) is 0.890. The Hall–Kier alpha value is -2.77. The van der Waals surface area contributed by atoms with E-state index in [1.807, 2.05) is 13.8 Å². The second kappa shape index (κ2) is 15.1. The SMILES string of the molecule is CC(C)CC(N)C(=O)NC(CC(N)=O)C(=O)NC(CO)C(=O)NC(CCCCN)C(=O)O. The molecule has 0 bridgehead atoms. The summed E-state index contributed by atoms with van der Waals surface area (Å²) in [5, 5.41) is 25.5. The number of hydrogen-bond acceptors (Lipinski definition) is 8. The van der Waals surface area contributed by atoms with Crippen LogP contribution in [0.5, 0.6) is 0 Å². The molecule has 0 spiro atoms. The van der Waals surface area contributed by atoms with Gasteiger partial charge in [0.25, 0.3) is 0 Å². The van der Waals surface area contributed by atoms with E-state index in [1.165, 1.54) is 0 Å². The fourth-order valence-electron chi connectivity index (χ4n) is 2.79. The van der Waals surface area contributed by atoms with Gasteiger partial charge in [0.05, 0.1) is 19.1 Å². The number of aliphatic carboxylic acids is 1. The van der Waals surface area contributed by atoms with Crippen LogP contribution in [0.1, 0.15) is 46.0 Å². The largest absolute Gasteiger partial charge is 0.480 e. The maximum absolute atomic E-state index is 12.6. The molecule has 0 aromatic heterocycles. The molecule has 0 aromatic rings. The van der Waals surface area contributed by atoms with Gasteiger partial charge in [-0.15, -0.1) is 0 Å². The molecule has 0 saturated carbocycles. The Morgan fingerprint density at radius 2 is 1.41 bits per heavy atom. The lowest BCUT2D eigenvalue weighted by Gasteiger charge is -2.24. The van der Waals surface area contributed by atoms with Crippen molar-refractivity contribution in [1.29, 1.82) is 0 Å². The highest BCUT2D eigenvalue weighted by molar-refractivity contribution is 5.96. The van der Waals surface area contributed by atoms with E-state index < -0.39 is 66.8 Å². The van der Waals surface area contributed by atoms with Crippen LogP contribution in [0.25, 0.3) is 0 Å². The third kappa shape index (κ3) is 11.6. The zero-order valence-electron chi connectivity index (χ0n) is 18.5. The van der Waals surface area contributed by atoms with Crippen LogP contribution in [0, 0.1) is 5.92 Å². The van der Waals surface area contributed by atoms with Crippen molar-refractivity contribution in [2.75, 3.05) is 13.2 Å². The normalized spacial score (nSPS) is 14.7. The van der Waals surface area contributed by atoms with Crippen LogP contribution in [0.15, 0.2) is 0 Å². The fourth-order valence-corrected chi connectivity index (χ4v) is 2.79. The molecular weight excluding hydrogens is 424 g/mol. The van der Waals surface area contributed by atoms with Crippen LogP contribution in [0.2, 0.25) is 0 Å². The van der Waals surface area contributed by atoms with Gasteiger partial charge in [0.15, 0.2) is 0 Å². The molecule has 11 N–H and O–H groups in total. The van der Waals surface area contributed by atoms with Crippen molar-refractivity contribution in [3.63, 3.8) is 0 Å². The van der Waals surface area contributed by atoms with Crippen molar-refractivity contribution in [2.24, 2.45) is 23.1 Å². The predicted molar refractivity (Wildman–Crippen MR) is 115 cm³/mol. The van der Waals surface area contributed by atoms with E-state index >= 15 is 0 Å². The van der Waals surface area contributed by atoms with Gasteiger partial charge in [0.1, 0.15) is 18.1 Å². The van der Waals surface area contributed by atoms with Gasteiger partial charge in [0.2, 0.25) is 23.6 Å². The number of hydrogen-bond donors (Lipinski definition) is 8. The van der Waals surface area contributed by atoms with Crippen LogP contribution in [-0.2, 0) is 24.0 Å². The summed E-state index contributed by atoms with van der Waals surface area (Å²) in [4.78, 5) is 59.9. The van der Waals surface area contributed by atoms with Gasteiger partial charge in [-0.3, -0.25) is 19.2 Å². The standard InChI is InChI=1S/C19H36N6O7/c1-10(2)7-11(21)16(28)24-13(8-15(22)27)17(29)25-14(9-26)18(30)23-12(19(31)32)5-3-4-6-20/h10-14,26H,3-9,20-21H2,1-2H3,(H2,22,27)(H,23,30)(H,24,28)(H,25,29)(H,31,32). The minimum Gasteiger partial charge on any atom is -0.480 e. The highest BCUT2D eigenvalue weighted by Gasteiger charge is 2.30. The Kier molecular flexibility index (Phi) is 13.8. The molecule has 4 atom stereocenters. The van der Waals surface area contributed by atoms with Gasteiger partial charge in [-0.25, -0.2) is 4.79 Å². The Labute approximate surface area is 186 Å². The zero-order chi connectivity index (χ0) is 24.8. The van der Waals surface area contributed by atoms with Crippen LogP contribution in [0.4, 0.5) is 0 Å². The first kappa shape index (κ1) is 29.2. The number of amides is 4. The summed E-state index contributed by atoms with van der Waals surface area (Å²) in [5.74, 6) is -4.65. The molecule has 184 valence electrons. The van der Waals surface area contributed by atoms with Crippen LogP contribution >= 0.6 is 0 Å². The summed E-state index contributed by atoms with van der Waals surface area (Å²) in [6, 6.07) is -5.12. The highest BCUT2D eigenvalue weighted by Crippen LogP contribution is 2.05. The lowest BCUT2D eigenvalue weighted by Crippen LogP contribution is -2.58. The summed E-state index contributed by atoms with van der Waals surface area (Å²) in [5.41, 5.74) is 16.3. The Morgan fingerprint density at radius 1 is 0.875 bits per heavy atom. The molecule has 0 radical (unpaired) electrons. The molecule has 13 heteroatoms. The minimum atomic E-state index is -1.52. The summed E-state index contributed by atoms with van der Waals surface area (Å²) in [7, 11) is 0. The molecule has 13 nitrogen and oxygen atoms in total. The van der Waals surface area contributed by atoms with Gasteiger partial charge >= 0.3 is 5.97 Å². The van der Waals surface area contributed by atoms with E-state index in [2.05, 4.69) is 16.0 Å². The van der Waals surface area contributed by atoms with E-state index in [4.69, 9.17) is 17.2 Å². The fraction of sp³-hybridized carbons (Fsp3) is 0.737. The third-order valence-corrected chi connectivity index (χ3v) is 4.48. The molecule has 0 aliphatic heterocycles. The van der Waals surface area contributed by atoms with Gasteiger partial charge in [-0.1, -0.05) is 13.8 Å². The van der Waals surface area contributed by atoms with E-state index in [9.17, 15) is 34.2 Å². The first-order chi connectivity index (χ1) is 14.9. The highest BCUT2D eigenvalue weighted by atomic mass is 16.4. The van der Waals surface area contributed by atoms with Crippen molar-refractivity contribution < 1.29 is 34.2 Å². The maximum Gasteiger partial charge on any atom is 0.326 e. The zero-order valence-corrected chi connectivity index (χ0v) is 18.5. The van der Waals surface area contributed by atoms with Crippen molar-refractivity contribution in [1.82, 2.24) is 16.0 Å². The molecule has 32 heavy (non-hydrogen) atoms. The lowest BCUT2D eigenvalue weighted by atomic mass is 10.0. The lowest BCUT2D eigenvalue weighted by molar-refractivity contribution is -0.143. The van der Waals surface area contributed by atoms with E-state index in [0.29, 0.717) is 25.8 Å². The van der Waals surface area contributed by atoms with Crippen LogP contribution in [-0.4, -0.2) is 77.1 Å². The number of aliphatic hydroxyl groups is 1. The Morgan fingerprint density at radius 3 is 1.88 bits per heavy atom. The summed E-state index contributed by atoms with van der Waals surface area (Å²) in [6.45, 7) is 3.22. The van der Waals surface area contributed by atoms with Crippen LogP contribution in [0.3, 0.4) is 0 Å². The summed E-state index contributed by atoms with van der Waals surface area (Å²) < 4.78 is 0. The van der Waals surface area contributed by atoms with Crippen molar-refractivity contribution in [2.45, 2.75) is 70.1 Å². The second-order valence-corrected chi connectivity index (χ2v) is 7.90. The number of aliphatic hydroxyl groups excluding tert-OH is 1. The van der Waals surface area contributed by atoms with E-state index in [1.54, 1.807) is 0 Å². The number of unbranched alkanes of at least 4 members (excludes halogenated alkanes) is 1. The molecule has 0 heterocycles. The van der Waals surface area contributed by atoms with Gasteiger partial charge in [-0.2, -0.15) is 0 Å².